The van der Waals surface area contributed by atoms with E-state index in [2.05, 4.69) is 24.3 Å². The second-order valence-electron chi connectivity index (χ2n) is 7.97. The number of hydrogen-bond donors (Lipinski definition) is 3. The smallest absolute Gasteiger partial charge is 0.268 e. The number of amides is 2. The molecule has 4 N–H and O–H groups in total. The van der Waals surface area contributed by atoms with Crippen molar-refractivity contribution in [1.29, 1.82) is 0 Å². The molecule has 0 saturated carbocycles. The van der Waals surface area contributed by atoms with E-state index in [0.717, 1.165) is 5.52 Å². The fourth-order valence-electron chi connectivity index (χ4n) is 4.02. The first-order valence-electron chi connectivity index (χ1n) is 10.3. The van der Waals surface area contributed by atoms with Crippen molar-refractivity contribution in [2.75, 3.05) is 17.8 Å². The van der Waals surface area contributed by atoms with E-state index >= 15 is 0 Å². The third kappa shape index (κ3) is 5.19. The monoisotopic (exact) mass is 507 g/mol. The van der Waals surface area contributed by atoms with Crippen molar-refractivity contribution in [1.82, 2.24) is 24.2 Å². The third-order valence-corrected chi connectivity index (χ3v) is 7.50. The number of fused-ring (bicyclic) bond motifs is 1. The number of benzene rings is 1. The number of rotatable bonds is 7. The van der Waals surface area contributed by atoms with Crippen LogP contribution in [0.15, 0.2) is 36.8 Å². The van der Waals surface area contributed by atoms with Crippen molar-refractivity contribution in [3.8, 4) is 0 Å². The number of nitrogens with zero attached hydrogens (tertiary/aromatic N) is 4. The fourth-order valence-corrected chi connectivity index (χ4v) is 5.09. The molecular formula is C21H23Cl2N7O2S. The minimum absolute atomic E-state index is 0.0609. The van der Waals surface area contributed by atoms with Gasteiger partial charge in [0.25, 0.3) is 5.91 Å². The first-order valence-corrected chi connectivity index (χ1v) is 11.8. The molecule has 4 rings (SSSR count). The highest BCUT2D eigenvalue weighted by Crippen LogP contribution is 2.34. The number of carbonyl (C=O) groups excluding carboxylic acids is 2. The highest BCUT2D eigenvalue weighted by Gasteiger charge is 2.38. The normalized spacial score (nSPS) is 16.0. The van der Waals surface area contributed by atoms with Crippen molar-refractivity contribution < 1.29 is 9.59 Å². The summed E-state index contributed by atoms with van der Waals surface area (Å²) < 4.78 is 7.02. The van der Waals surface area contributed by atoms with Gasteiger partial charge in [-0.1, -0.05) is 23.2 Å². The molecule has 174 valence electrons. The molecule has 1 aliphatic rings. The first kappa shape index (κ1) is 23.6. The van der Waals surface area contributed by atoms with Crippen molar-refractivity contribution in [2.24, 2.45) is 12.8 Å². The van der Waals surface area contributed by atoms with Crippen LogP contribution in [0.1, 0.15) is 29.8 Å². The number of hydrogen-bond acceptors (Lipinski definition) is 7. The second-order valence-corrected chi connectivity index (χ2v) is 9.66. The van der Waals surface area contributed by atoms with Gasteiger partial charge in [-0.2, -0.15) is 0 Å². The number of nitrogens with two attached hydrogens (primary N) is 1. The Morgan fingerprint density at radius 2 is 2.00 bits per heavy atom. The topological polar surface area (TPSA) is 118 Å². The maximum Gasteiger partial charge on any atom is 0.268 e. The average molecular weight is 508 g/mol. The van der Waals surface area contributed by atoms with Gasteiger partial charge >= 0.3 is 0 Å². The molecule has 0 spiro atoms. The quantitative estimate of drug-likeness (QED) is 0.419. The summed E-state index contributed by atoms with van der Waals surface area (Å²) in [5.41, 5.74) is 6.04. The van der Waals surface area contributed by atoms with Gasteiger partial charge in [-0.05, 0) is 31.0 Å². The molecule has 0 radical (unpaired) electrons. The van der Waals surface area contributed by atoms with Gasteiger partial charge < -0.3 is 15.6 Å². The Hall–Kier alpha value is -2.53. The van der Waals surface area contributed by atoms with E-state index in [1.165, 1.54) is 12.1 Å². The molecule has 3 heterocycles. The summed E-state index contributed by atoms with van der Waals surface area (Å²) in [6.07, 6.45) is 6.04. The molecule has 0 atom stereocenters. The Bertz CT molecular complexity index is 1180. The predicted molar refractivity (Wildman–Crippen MR) is 131 cm³/mol. The van der Waals surface area contributed by atoms with Gasteiger partial charge in [0.1, 0.15) is 5.69 Å². The van der Waals surface area contributed by atoms with Crippen LogP contribution in [-0.2, 0) is 11.8 Å². The summed E-state index contributed by atoms with van der Waals surface area (Å²) in [4.78, 5) is 33.3. The van der Waals surface area contributed by atoms with Crippen molar-refractivity contribution in [3.63, 3.8) is 0 Å². The molecule has 1 saturated heterocycles. The van der Waals surface area contributed by atoms with Crippen LogP contribution in [0.2, 0.25) is 10.0 Å². The summed E-state index contributed by atoms with van der Waals surface area (Å²) in [7, 11) is 1.79. The van der Waals surface area contributed by atoms with Gasteiger partial charge in [0.05, 0.1) is 21.8 Å². The number of anilines is 1. The molecule has 12 heteroatoms. The van der Waals surface area contributed by atoms with Gasteiger partial charge in [-0.3, -0.25) is 19.3 Å². The molecular weight excluding hydrogens is 485 g/mol. The number of carbonyl (C=O) groups is 2. The lowest BCUT2D eigenvalue weighted by Crippen LogP contribution is -2.56. The molecule has 0 aliphatic carbocycles. The molecule has 1 aromatic carbocycles. The first-order chi connectivity index (χ1) is 15.8. The number of aromatic nitrogens is 3. The lowest BCUT2D eigenvalue weighted by atomic mass is 9.84. The van der Waals surface area contributed by atoms with Crippen LogP contribution in [-0.4, -0.2) is 49.3 Å². The van der Waals surface area contributed by atoms with E-state index in [1.54, 1.807) is 42.3 Å². The van der Waals surface area contributed by atoms with E-state index in [-0.39, 0.29) is 12.3 Å². The van der Waals surface area contributed by atoms with Crippen LogP contribution >= 0.6 is 35.3 Å². The lowest BCUT2D eigenvalue weighted by Gasteiger charge is -2.41. The minimum atomic E-state index is -0.732. The Balaban J connectivity index is 1.47. The SMILES string of the molecule is Cn1c(C(=O)NC2(CC(N)=O)CCN(SNc3cnccn3)CC2)cc2c(Cl)c(Cl)ccc21. The molecule has 1 fully saturated rings. The molecule has 1 aliphatic heterocycles. The highest BCUT2D eigenvalue weighted by atomic mass is 35.5. The maximum absolute atomic E-state index is 13.3. The number of nitrogens with one attached hydrogen (secondary N) is 2. The number of halogens is 2. The minimum Gasteiger partial charge on any atom is -0.370 e. The van der Waals surface area contributed by atoms with Crippen molar-refractivity contribution >= 4 is 63.9 Å². The molecule has 0 bridgehead atoms. The van der Waals surface area contributed by atoms with Gasteiger partial charge in [-0.15, -0.1) is 0 Å². The number of aryl methyl sites for hydroxylation is 1. The standard InChI is InChI=1S/C21H23Cl2N7O2S/c1-29-15-3-2-14(22)19(23)13(15)10-16(29)20(32)27-21(11-17(24)31)4-8-30(9-5-21)33-28-18-12-25-6-7-26-18/h2-3,6-7,10,12H,4-5,8-9,11H2,1H3,(H2,24,31)(H,26,28)(H,27,32). The van der Waals surface area contributed by atoms with Crippen molar-refractivity contribution in [2.45, 2.75) is 24.8 Å². The lowest BCUT2D eigenvalue weighted by molar-refractivity contribution is -0.119. The molecule has 33 heavy (non-hydrogen) atoms. The zero-order valence-electron chi connectivity index (χ0n) is 17.8. The van der Waals surface area contributed by atoms with Crippen LogP contribution in [0.5, 0.6) is 0 Å². The Kier molecular flexibility index (Phi) is 6.99. The van der Waals surface area contributed by atoms with Crippen LogP contribution in [0.25, 0.3) is 10.9 Å². The molecule has 2 amide bonds. The van der Waals surface area contributed by atoms with Gasteiger partial charge in [0.15, 0.2) is 5.82 Å². The van der Waals surface area contributed by atoms with Crippen LogP contribution in [0.3, 0.4) is 0 Å². The molecule has 0 unspecified atom stereocenters. The number of primary amides is 1. The van der Waals surface area contributed by atoms with E-state index in [4.69, 9.17) is 28.9 Å². The van der Waals surface area contributed by atoms with Gasteiger partial charge in [0.2, 0.25) is 5.91 Å². The second kappa shape index (κ2) is 9.76. The van der Waals surface area contributed by atoms with E-state index in [0.29, 0.717) is 52.9 Å². The van der Waals surface area contributed by atoms with Gasteiger partial charge in [-0.25, -0.2) is 9.29 Å². The Morgan fingerprint density at radius 3 is 2.67 bits per heavy atom. The summed E-state index contributed by atoms with van der Waals surface area (Å²) >= 11 is 13.9. The van der Waals surface area contributed by atoms with Crippen LogP contribution in [0, 0.1) is 0 Å². The highest BCUT2D eigenvalue weighted by molar-refractivity contribution is 7.98. The van der Waals surface area contributed by atoms with E-state index < -0.39 is 11.4 Å². The zero-order valence-corrected chi connectivity index (χ0v) is 20.2. The summed E-state index contributed by atoms with van der Waals surface area (Å²) in [6.45, 7) is 1.28. The zero-order chi connectivity index (χ0) is 23.6. The molecule has 2 aromatic heterocycles. The summed E-state index contributed by atoms with van der Waals surface area (Å²) in [6, 6.07) is 5.23. The Morgan fingerprint density at radius 1 is 1.24 bits per heavy atom. The maximum atomic E-state index is 13.3. The van der Waals surface area contributed by atoms with Crippen LogP contribution < -0.4 is 15.8 Å². The van der Waals surface area contributed by atoms with E-state index in [1.807, 2.05) is 6.07 Å². The van der Waals surface area contributed by atoms with Gasteiger partial charge in [0, 0.05) is 62.0 Å². The van der Waals surface area contributed by atoms with Crippen molar-refractivity contribution in [3.05, 3.63) is 52.5 Å². The Labute approximate surface area is 205 Å². The average Bonchev–Trinajstić information content (AvgIpc) is 3.13. The fraction of sp³-hybridized carbons (Fsp3) is 0.333. The van der Waals surface area contributed by atoms with Crippen LogP contribution in [0.4, 0.5) is 5.82 Å². The summed E-state index contributed by atoms with van der Waals surface area (Å²) in [5.74, 6) is -0.0961. The number of piperidine rings is 1. The predicted octanol–water partition coefficient (Wildman–Crippen LogP) is 3.39. The largest absolute Gasteiger partial charge is 0.370 e. The molecule has 9 nitrogen and oxygen atoms in total. The molecule has 3 aromatic rings. The third-order valence-electron chi connectivity index (χ3n) is 5.76. The van der Waals surface area contributed by atoms with E-state index in [9.17, 15) is 9.59 Å². The summed E-state index contributed by atoms with van der Waals surface area (Å²) in [5, 5.41) is 4.61.